The quantitative estimate of drug-likeness (QED) is 0.485. The first-order valence-corrected chi connectivity index (χ1v) is 9.11. The minimum Gasteiger partial charge on any atom is -0.346 e. The first-order chi connectivity index (χ1) is 12.8. The molecule has 1 fully saturated rings. The Kier molecular flexibility index (Phi) is 3.77. The summed E-state index contributed by atoms with van der Waals surface area (Å²) in [6.45, 7) is 3.45. The Balaban J connectivity index is 1.77. The van der Waals surface area contributed by atoms with Crippen LogP contribution in [0.5, 0.6) is 0 Å². The minimum atomic E-state index is -0.300. The Labute approximate surface area is 153 Å². The van der Waals surface area contributed by atoms with Crippen molar-refractivity contribution in [2.75, 3.05) is 18.1 Å². The lowest BCUT2D eigenvalue weighted by Gasteiger charge is -2.36. The van der Waals surface area contributed by atoms with Gasteiger partial charge in [-0.15, -0.1) is 0 Å². The summed E-state index contributed by atoms with van der Waals surface area (Å²) >= 11 is 0. The van der Waals surface area contributed by atoms with Gasteiger partial charge >= 0.3 is 0 Å². The molecule has 5 rings (SSSR count). The van der Waals surface area contributed by atoms with Crippen molar-refractivity contribution in [2.45, 2.75) is 19.6 Å². The second kappa shape index (κ2) is 6.27. The highest BCUT2D eigenvalue weighted by atomic mass is 16.7. The average molecular weight is 343 g/mol. The molecule has 0 saturated carbocycles. The normalized spacial score (nSPS) is 16.4. The van der Waals surface area contributed by atoms with Crippen LogP contribution in [0.2, 0.25) is 0 Å². The third-order valence-corrected chi connectivity index (χ3v) is 5.21. The van der Waals surface area contributed by atoms with Crippen molar-refractivity contribution in [1.29, 1.82) is 0 Å². The topological polar surface area (TPSA) is 21.7 Å². The van der Waals surface area contributed by atoms with E-state index in [0.717, 1.165) is 12.0 Å². The molecule has 26 heavy (non-hydrogen) atoms. The summed E-state index contributed by atoms with van der Waals surface area (Å²) in [6.07, 6.45) is 0.659. The Morgan fingerprint density at radius 1 is 0.769 bits per heavy atom. The van der Waals surface area contributed by atoms with Crippen LogP contribution in [-0.4, -0.2) is 13.2 Å². The fourth-order valence-corrected chi connectivity index (χ4v) is 4.05. The number of rotatable bonds is 2. The maximum absolute atomic E-state index is 5.85. The van der Waals surface area contributed by atoms with Gasteiger partial charge in [-0.25, -0.2) is 0 Å². The summed E-state index contributed by atoms with van der Waals surface area (Å²) in [5, 5.41) is 0. The largest absolute Gasteiger partial charge is 0.346 e. The molecule has 0 spiro atoms. The van der Waals surface area contributed by atoms with Crippen LogP contribution in [0.25, 0.3) is 0 Å². The van der Waals surface area contributed by atoms with E-state index in [1.54, 1.807) is 0 Å². The van der Waals surface area contributed by atoms with E-state index in [4.69, 9.17) is 9.47 Å². The number of aryl methyl sites for hydroxylation is 1. The molecule has 1 saturated heterocycles. The molecule has 3 heteroatoms. The zero-order chi connectivity index (χ0) is 17.5. The highest BCUT2D eigenvalue weighted by molar-refractivity contribution is 5.86. The molecule has 2 aliphatic heterocycles. The predicted molar refractivity (Wildman–Crippen MR) is 103 cm³/mol. The fraction of sp³-hybridized carbons (Fsp3) is 0.217. The molecular weight excluding hydrogens is 322 g/mol. The summed E-state index contributed by atoms with van der Waals surface area (Å²) in [4.78, 5) is 2.38. The van der Waals surface area contributed by atoms with E-state index in [1.807, 2.05) is 0 Å². The minimum absolute atomic E-state index is 0.300. The highest BCUT2D eigenvalue weighted by Gasteiger charge is 2.30. The number of hydrogen-bond donors (Lipinski definition) is 0. The first kappa shape index (κ1) is 15.6. The standard InChI is InChI=1S/C23H21NO2/c1-16-7-6-10-19(23-25-13-14-26-23)22(16)24-20-11-4-2-8-17(20)15-18-9-3-5-12-21(18)24/h2-12,23H,13-15H2,1H3. The monoisotopic (exact) mass is 343 g/mol. The van der Waals surface area contributed by atoms with Gasteiger partial charge in [0, 0.05) is 23.4 Å². The Morgan fingerprint density at radius 2 is 1.38 bits per heavy atom. The van der Waals surface area contributed by atoms with E-state index < -0.39 is 0 Å². The van der Waals surface area contributed by atoms with Crippen molar-refractivity contribution in [3.05, 3.63) is 89.0 Å². The molecular formula is C23H21NO2. The number of ether oxygens (including phenoxy) is 2. The molecule has 2 aliphatic rings. The molecule has 0 amide bonds. The summed E-state index contributed by atoms with van der Waals surface area (Å²) in [7, 11) is 0. The van der Waals surface area contributed by atoms with Gasteiger partial charge in [0.15, 0.2) is 6.29 Å². The zero-order valence-corrected chi connectivity index (χ0v) is 14.8. The van der Waals surface area contributed by atoms with Gasteiger partial charge in [-0.2, -0.15) is 0 Å². The van der Waals surface area contributed by atoms with Gasteiger partial charge in [0.05, 0.1) is 18.9 Å². The van der Waals surface area contributed by atoms with Crippen LogP contribution in [0, 0.1) is 6.92 Å². The molecule has 130 valence electrons. The zero-order valence-electron chi connectivity index (χ0n) is 14.8. The summed E-state index contributed by atoms with van der Waals surface area (Å²) in [5.74, 6) is 0. The van der Waals surface area contributed by atoms with Crippen LogP contribution in [0.3, 0.4) is 0 Å². The molecule has 3 aromatic rings. The average Bonchev–Trinajstić information content (AvgIpc) is 3.21. The Hall–Kier alpha value is -2.62. The number of para-hydroxylation sites is 3. The van der Waals surface area contributed by atoms with Crippen molar-refractivity contribution in [1.82, 2.24) is 0 Å². The second-order valence-corrected chi connectivity index (χ2v) is 6.86. The van der Waals surface area contributed by atoms with Crippen LogP contribution in [-0.2, 0) is 15.9 Å². The van der Waals surface area contributed by atoms with E-state index >= 15 is 0 Å². The van der Waals surface area contributed by atoms with Crippen LogP contribution in [0.15, 0.2) is 66.7 Å². The lowest BCUT2D eigenvalue weighted by atomic mass is 9.93. The van der Waals surface area contributed by atoms with Crippen LogP contribution in [0.1, 0.15) is 28.5 Å². The van der Waals surface area contributed by atoms with Crippen LogP contribution < -0.4 is 4.90 Å². The molecule has 0 aliphatic carbocycles. The summed E-state index contributed by atoms with van der Waals surface area (Å²) < 4.78 is 11.7. The Morgan fingerprint density at radius 3 is 2.04 bits per heavy atom. The van der Waals surface area contributed by atoms with Crippen molar-refractivity contribution in [2.24, 2.45) is 0 Å². The number of fused-ring (bicyclic) bond motifs is 2. The van der Waals surface area contributed by atoms with Gasteiger partial charge < -0.3 is 14.4 Å². The fourth-order valence-electron chi connectivity index (χ4n) is 4.05. The summed E-state index contributed by atoms with van der Waals surface area (Å²) in [5.41, 5.74) is 8.63. The number of benzene rings is 3. The molecule has 0 N–H and O–H groups in total. The lowest BCUT2D eigenvalue weighted by Crippen LogP contribution is -2.21. The molecule has 3 aromatic carbocycles. The van der Waals surface area contributed by atoms with Gasteiger partial charge in [0.2, 0.25) is 0 Å². The molecule has 0 atom stereocenters. The maximum atomic E-state index is 5.85. The number of anilines is 3. The molecule has 0 aromatic heterocycles. The van der Waals surface area contributed by atoms with E-state index in [2.05, 4.69) is 78.6 Å². The third-order valence-electron chi connectivity index (χ3n) is 5.21. The molecule has 0 radical (unpaired) electrons. The van der Waals surface area contributed by atoms with Gasteiger partial charge in [0.25, 0.3) is 0 Å². The van der Waals surface area contributed by atoms with E-state index in [1.165, 1.54) is 33.8 Å². The second-order valence-electron chi connectivity index (χ2n) is 6.86. The van der Waals surface area contributed by atoms with Crippen LogP contribution >= 0.6 is 0 Å². The predicted octanol–water partition coefficient (Wildman–Crippen LogP) is 5.41. The highest BCUT2D eigenvalue weighted by Crippen LogP contribution is 2.47. The van der Waals surface area contributed by atoms with Crippen molar-refractivity contribution >= 4 is 17.1 Å². The molecule has 3 nitrogen and oxygen atoms in total. The molecule has 0 bridgehead atoms. The maximum Gasteiger partial charge on any atom is 0.186 e. The molecule has 0 unspecified atom stereocenters. The van der Waals surface area contributed by atoms with Gasteiger partial charge in [-0.05, 0) is 35.7 Å². The first-order valence-electron chi connectivity index (χ1n) is 9.11. The number of nitrogens with zero attached hydrogens (tertiary/aromatic N) is 1. The van der Waals surface area contributed by atoms with Crippen molar-refractivity contribution in [3.63, 3.8) is 0 Å². The van der Waals surface area contributed by atoms with Gasteiger partial charge in [0.1, 0.15) is 0 Å². The van der Waals surface area contributed by atoms with E-state index in [-0.39, 0.29) is 6.29 Å². The van der Waals surface area contributed by atoms with Crippen LogP contribution in [0.4, 0.5) is 17.1 Å². The van der Waals surface area contributed by atoms with Crippen molar-refractivity contribution in [3.8, 4) is 0 Å². The SMILES string of the molecule is Cc1cccc(C2OCCO2)c1N1c2ccccc2Cc2ccccc21. The smallest absolute Gasteiger partial charge is 0.186 e. The van der Waals surface area contributed by atoms with E-state index in [9.17, 15) is 0 Å². The van der Waals surface area contributed by atoms with E-state index in [0.29, 0.717) is 13.2 Å². The number of hydrogen-bond acceptors (Lipinski definition) is 3. The van der Waals surface area contributed by atoms with Gasteiger partial charge in [-0.3, -0.25) is 0 Å². The summed E-state index contributed by atoms with van der Waals surface area (Å²) in [6, 6.07) is 23.7. The molecule has 2 heterocycles. The van der Waals surface area contributed by atoms with Gasteiger partial charge in [-0.1, -0.05) is 54.6 Å². The Bertz CT molecular complexity index is 914. The third kappa shape index (κ3) is 2.44. The lowest BCUT2D eigenvalue weighted by molar-refractivity contribution is -0.0436. The van der Waals surface area contributed by atoms with Crippen molar-refractivity contribution < 1.29 is 9.47 Å².